The van der Waals surface area contributed by atoms with Crippen LogP contribution in [0.4, 0.5) is 11.5 Å². The predicted molar refractivity (Wildman–Crippen MR) is 94.5 cm³/mol. The second kappa shape index (κ2) is 7.91. The first-order chi connectivity index (χ1) is 11.4. The fourth-order valence-corrected chi connectivity index (χ4v) is 2.50. The number of thiazole rings is 1. The normalized spacial score (nSPS) is 10.4. The van der Waals surface area contributed by atoms with Gasteiger partial charge < -0.3 is 0 Å². The van der Waals surface area contributed by atoms with E-state index in [-0.39, 0.29) is 0 Å². The molecule has 112 valence electrons. The van der Waals surface area contributed by atoms with Crippen LogP contribution in [0.15, 0.2) is 94.7 Å². The molecule has 4 aromatic rings. The highest BCUT2D eigenvalue weighted by Crippen LogP contribution is 2.15. The van der Waals surface area contributed by atoms with E-state index in [0.29, 0.717) is 5.82 Å². The van der Waals surface area contributed by atoms with Crippen LogP contribution < -0.4 is 0 Å². The maximum atomic E-state index is 4.14. The number of fused-ring (bicyclic) bond motifs is 1. The standard InChI is InChI=1S/C11H9N3.C7H5NS/c1-2-6-10(7-3-1)13-14-11-8-4-5-9-12-11;1-2-4-7-6(3-1)8-5-9-7/h1-9H;1-5H. The van der Waals surface area contributed by atoms with Crippen LogP contribution in [0.3, 0.4) is 0 Å². The van der Waals surface area contributed by atoms with Crippen molar-refractivity contribution in [2.75, 3.05) is 0 Å². The zero-order valence-corrected chi connectivity index (χ0v) is 13.1. The lowest BCUT2D eigenvalue weighted by Crippen LogP contribution is -1.68. The summed E-state index contributed by atoms with van der Waals surface area (Å²) in [4.78, 5) is 8.17. The zero-order chi connectivity index (χ0) is 15.7. The van der Waals surface area contributed by atoms with Crippen LogP contribution in [0.1, 0.15) is 0 Å². The lowest BCUT2D eigenvalue weighted by molar-refractivity contribution is 1.15. The minimum Gasteiger partial charge on any atom is -0.245 e. The third kappa shape index (κ3) is 4.52. The van der Waals surface area contributed by atoms with Gasteiger partial charge in [0.2, 0.25) is 0 Å². The van der Waals surface area contributed by atoms with Gasteiger partial charge in [-0.2, -0.15) is 0 Å². The van der Waals surface area contributed by atoms with Crippen molar-refractivity contribution in [2.45, 2.75) is 0 Å². The average molecular weight is 318 g/mol. The van der Waals surface area contributed by atoms with E-state index in [1.807, 2.05) is 72.2 Å². The van der Waals surface area contributed by atoms with Gasteiger partial charge in [-0.15, -0.1) is 21.6 Å². The Bertz CT molecular complexity index is 801. The number of hydrogen-bond acceptors (Lipinski definition) is 5. The molecule has 2 heterocycles. The molecule has 0 N–H and O–H groups in total. The Labute approximate surface area is 138 Å². The molecule has 5 heteroatoms. The summed E-state index contributed by atoms with van der Waals surface area (Å²) in [5, 5.41) is 8.03. The Morgan fingerprint density at radius 3 is 2.26 bits per heavy atom. The minimum atomic E-state index is 0.622. The van der Waals surface area contributed by atoms with Crippen molar-refractivity contribution in [1.82, 2.24) is 9.97 Å². The zero-order valence-electron chi connectivity index (χ0n) is 12.3. The SMILES string of the molecule is c1ccc(N=Nc2ccccn2)cc1.c1ccc2scnc2c1. The average Bonchev–Trinajstić information content (AvgIpc) is 3.11. The molecule has 0 saturated carbocycles. The molecular formula is C18H14N4S. The number of nitrogens with zero attached hydrogens (tertiary/aromatic N) is 4. The summed E-state index contributed by atoms with van der Waals surface area (Å²) >= 11 is 1.68. The maximum absolute atomic E-state index is 4.14. The van der Waals surface area contributed by atoms with E-state index in [1.54, 1.807) is 17.5 Å². The van der Waals surface area contributed by atoms with Crippen LogP contribution in [-0.4, -0.2) is 9.97 Å². The number of hydrogen-bond donors (Lipinski definition) is 0. The fraction of sp³-hybridized carbons (Fsp3) is 0. The molecule has 4 nitrogen and oxygen atoms in total. The van der Waals surface area contributed by atoms with Gasteiger partial charge in [0.05, 0.1) is 21.4 Å². The molecule has 0 aliphatic carbocycles. The number of para-hydroxylation sites is 1. The molecule has 0 spiro atoms. The van der Waals surface area contributed by atoms with Gasteiger partial charge in [0.25, 0.3) is 0 Å². The van der Waals surface area contributed by atoms with E-state index in [2.05, 4.69) is 26.3 Å². The number of pyridine rings is 1. The van der Waals surface area contributed by atoms with Crippen LogP contribution in [0.25, 0.3) is 10.2 Å². The molecule has 0 aliphatic heterocycles. The number of rotatable bonds is 2. The molecule has 0 amide bonds. The lowest BCUT2D eigenvalue weighted by atomic mass is 10.3. The summed E-state index contributed by atoms with van der Waals surface area (Å²) in [6.07, 6.45) is 1.69. The van der Waals surface area contributed by atoms with Gasteiger partial charge in [-0.25, -0.2) is 9.97 Å². The topological polar surface area (TPSA) is 50.5 Å². The van der Waals surface area contributed by atoms with Crippen LogP contribution in [-0.2, 0) is 0 Å². The Hall–Kier alpha value is -2.92. The molecule has 2 aromatic carbocycles. The van der Waals surface area contributed by atoms with Crippen LogP contribution in [0.5, 0.6) is 0 Å². The second-order valence-electron chi connectivity index (χ2n) is 4.54. The first-order valence-electron chi connectivity index (χ1n) is 7.08. The van der Waals surface area contributed by atoms with E-state index in [0.717, 1.165) is 11.2 Å². The summed E-state index contributed by atoms with van der Waals surface area (Å²) in [5.74, 6) is 0.622. The van der Waals surface area contributed by atoms with Crippen molar-refractivity contribution in [3.8, 4) is 0 Å². The Kier molecular flexibility index (Phi) is 5.16. The monoisotopic (exact) mass is 318 g/mol. The first kappa shape index (κ1) is 15.0. The second-order valence-corrected chi connectivity index (χ2v) is 5.43. The van der Waals surface area contributed by atoms with Crippen LogP contribution in [0, 0.1) is 0 Å². The van der Waals surface area contributed by atoms with Gasteiger partial charge in [-0.1, -0.05) is 36.4 Å². The molecule has 0 saturated heterocycles. The van der Waals surface area contributed by atoms with Crippen LogP contribution >= 0.6 is 11.3 Å². The van der Waals surface area contributed by atoms with E-state index in [9.17, 15) is 0 Å². The molecule has 0 fully saturated rings. The van der Waals surface area contributed by atoms with Crippen LogP contribution in [0.2, 0.25) is 0 Å². The molecule has 0 radical (unpaired) electrons. The van der Waals surface area contributed by atoms with Gasteiger partial charge in [-0.3, -0.25) is 0 Å². The third-order valence-corrected chi connectivity index (χ3v) is 3.72. The Morgan fingerprint density at radius 1 is 0.696 bits per heavy atom. The van der Waals surface area contributed by atoms with E-state index in [1.165, 1.54) is 4.70 Å². The largest absolute Gasteiger partial charge is 0.245 e. The van der Waals surface area contributed by atoms with E-state index in [4.69, 9.17) is 0 Å². The number of aromatic nitrogens is 2. The predicted octanol–water partition coefficient (Wildman–Crippen LogP) is 5.79. The fourth-order valence-electron chi connectivity index (χ4n) is 1.82. The van der Waals surface area contributed by atoms with Crippen molar-refractivity contribution < 1.29 is 0 Å². The molecule has 0 bridgehead atoms. The van der Waals surface area contributed by atoms with Gasteiger partial charge >= 0.3 is 0 Å². The highest BCUT2D eigenvalue weighted by Gasteiger charge is 1.90. The molecular weight excluding hydrogens is 304 g/mol. The van der Waals surface area contributed by atoms with E-state index >= 15 is 0 Å². The summed E-state index contributed by atoms with van der Waals surface area (Å²) in [5.41, 5.74) is 3.80. The molecule has 0 unspecified atom stereocenters. The quantitative estimate of drug-likeness (QED) is 0.439. The van der Waals surface area contributed by atoms with Crippen molar-refractivity contribution in [2.24, 2.45) is 10.2 Å². The van der Waals surface area contributed by atoms with Crippen molar-refractivity contribution in [3.63, 3.8) is 0 Å². The number of azo groups is 1. The van der Waals surface area contributed by atoms with Gasteiger partial charge in [0.15, 0.2) is 5.82 Å². The van der Waals surface area contributed by atoms with Gasteiger partial charge in [0, 0.05) is 6.20 Å². The van der Waals surface area contributed by atoms with Crippen molar-refractivity contribution >= 4 is 33.1 Å². The summed E-state index contributed by atoms with van der Waals surface area (Å²) < 4.78 is 1.26. The molecule has 4 rings (SSSR count). The minimum absolute atomic E-state index is 0.622. The summed E-state index contributed by atoms with van der Waals surface area (Å²) in [6.45, 7) is 0. The maximum Gasteiger partial charge on any atom is 0.174 e. The van der Waals surface area contributed by atoms with Gasteiger partial charge in [-0.05, 0) is 36.4 Å². The molecule has 23 heavy (non-hydrogen) atoms. The highest BCUT2D eigenvalue weighted by atomic mass is 32.1. The summed E-state index contributed by atoms with van der Waals surface area (Å²) in [7, 11) is 0. The smallest absolute Gasteiger partial charge is 0.174 e. The Morgan fingerprint density at radius 2 is 1.48 bits per heavy atom. The molecule has 2 aromatic heterocycles. The van der Waals surface area contributed by atoms with Gasteiger partial charge in [0.1, 0.15) is 0 Å². The van der Waals surface area contributed by atoms with E-state index < -0.39 is 0 Å². The molecule has 0 aliphatic rings. The number of benzene rings is 2. The summed E-state index contributed by atoms with van der Waals surface area (Å²) in [6, 6.07) is 23.2. The first-order valence-corrected chi connectivity index (χ1v) is 7.96. The highest BCUT2D eigenvalue weighted by molar-refractivity contribution is 7.16. The molecule has 0 atom stereocenters. The van der Waals surface area contributed by atoms with Crippen molar-refractivity contribution in [1.29, 1.82) is 0 Å². The Balaban J connectivity index is 0.000000149. The van der Waals surface area contributed by atoms with Crippen molar-refractivity contribution in [3.05, 3.63) is 84.5 Å². The third-order valence-electron chi connectivity index (χ3n) is 2.91. The lowest BCUT2D eigenvalue weighted by Gasteiger charge is -1.90.